The number of aryl methyl sites for hydroxylation is 1. The summed E-state index contributed by atoms with van der Waals surface area (Å²) in [6, 6.07) is -0.333. The van der Waals surface area contributed by atoms with Gasteiger partial charge in [0.15, 0.2) is 5.78 Å². The lowest BCUT2D eigenvalue weighted by atomic mass is 9.94. The highest BCUT2D eigenvalue weighted by molar-refractivity contribution is 6.04. The molecule has 0 radical (unpaired) electrons. The van der Waals surface area contributed by atoms with Gasteiger partial charge in [0, 0.05) is 23.7 Å². The molecule has 1 unspecified atom stereocenters. The molecule has 6 heteroatoms. The van der Waals surface area contributed by atoms with Crippen LogP contribution in [-0.2, 0) is 16.0 Å². The zero-order valence-corrected chi connectivity index (χ0v) is 12.5. The van der Waals surface area contributed by atoms with Crippen molar-refractivity contribution in [2.24, 2.45) is 0 Å². The van der Waals surface area contributed by atoms with Crippen LogP contribution in [0.25, 0.3) is 0 Å². The number of aromatic nitrogens is 1. The van der Waals surface area contributed by atoms with Gasteiger partial charge < -0.3 is 15.0 Å². The van der Waals surface area contributed by atoms with Crippen molar-refractivity contribution < 1.29 is 19.1 Å². The molecule has 0 aliphatic heterocycles. The van der Waals surface area contributed by atoms with E-state index in [2.05, 4.69) is 15.0 Å². The molecule has 1 atom stereocenters. The van der Waals surface area contributed by atoms with E-state index >= 15 is 0 Å². The van der Waals surface area contributed by atoms with Crippen LogP contribution in [0.5, 0.6) is 0 Å². The summed E-state index contributed by atoms with van der Waals surface area (Å²) in [6.45, 7) is 3.51. The van der Waals surface area contributed by atoms with Crippen molar-refractivity contribution in [2.75, 3.05) is 7.11 Å². The maximum absolute atomic E-state index is 12.3. The largest absolute Gasteiger partial charge is 0.469 e. The first-order valence-electron chi connectivity index (χ1n) is 7.06. The third-order valence-electron chi connectivity index (χ3n) is 3.74. The van der Waals surface area contributed by atoms with Gasteiger partial charge in [-0.3, -0.25) is 14.4 Å². The second-order valence-corrected chi connectivity index (χ2v) is 5.41. The predicted molar refractivity (Wildman–Crippen MR) is 76.4 cm³/mol. The van der Waals surface area contributed by atoms with Crippen LogP contribution in [0.3, 0.4) is 0 Å². The number of nitrogens with one attached hydrogen (secondary N) is 2. The van der Waals surface area contributed by atoms with Gasteiger partial charge >= 0.3 is 5.97 Å². The van der Waals surface area contributed by atoms with Crippen LogP contribution in [-0.4, -0.2) is 35.8 Å². The zero-order chi connectivity index (χ0) is 15.6. The Bertz CT molecular complexity index is 589. The number of hydrogen-bond donors (Lipinski definition) is 2. The maximum atomic E-state index is 12.3. The molecule has 1 amide bonds. The maximum Gasteiger partial charge on any atom is 0.307 e. The van der Waals surface area contributed by atoms with Gasteiger partial charge in [0.2, 0.25) is 0 Å². The number of amides is 1. The Morgan fingerprint density at radius 1 is 1.38 bits per heavy atom. The molecule has 2 N–H and O–H groups in total. The SMILES string of the molecule is COC(=O)CC(C)NC(=O)c1[nH]c2c(c1C)C(=O)CCC2. The number of methoxy groups -OCH3 is 1. The van der Waals surface area contributed by atoms with Gasteiger partial charge in [-0.05, 0) is 32.3 Å². The number of fused-ring (bicyclic) bond motifs is 1. The number of aromatic amines is 1. The third kappa shape index (κ3) is 3.15. The molecule has 1 aliphatic carbocycles. The van der Waals surface area contributed by atoms with Crippen molar-refractivity contribution in [3.63, 3.8) is 0 Å². The molecule has 21 heavy (non-hydrogen) atoms. The van der Waals surface area contributed by atoms with Gasteiger partial charge in [-0.1, -0.05) is 0 Å². The summed E-state index contributed by atoms with van der Waals surface area (Å²) in [5, 5.41) is 2.74. The van der Waals surface area contributed by atoms with Gasteiger partial charge in [0.05, 0.1) is 13.5 Å². The molecule has 0 fully saturated rings. The van der Waals surface area contributed by atoms with E-state index in [1.54, 1.807) is 13.8 Å². The number of Topliss-reactive ketones (excluding diaryl/α,β-unsaturated/α-hetero) is 1. The highest BCUT2D eigenvalue weighted by atomic mass is 16.5. The molecule has 2 rings (SSSR count). The van der Waals surface area contributed by atoms with Crippen molar-refractivity contribution in [3.05, 3.63) is 22.5 Å². The number of ketones is 1. The monoisotopic (exact) mass is 292 g/mol. The van der Waals surface area contributed by atoms with E-state index in [4.69, 9.17) is 0 Å². The quantitative estimate of drug-likeness (QED) is 0.824. The molecule has 0 spiro atoms. The Kier molecular flexibility index (Phi) is 4.45. The lowest BCUT2D eigenvalue weighted by molar-refractivity contribution is -0.141. The second kappa shape index (κ2) is 6.11. The number of esters is 1. The molecule has 0 saturated carbocycles. The van der Waals surface area contributed by atoms with Crippen LogP contribution in [0.2, 0.25) is 0 Å². The third-order valence-corrected chi connectivity index (χ3v) is 3.74. The summed E-state index contributed by atoms with van der Waals surface area (Å²) in [5.41, 5.74) is 2.60. The normalized spacial score (nSPS) is 15.3. The van der Waals surface area contributed by atoms with Gasteiger partial charge in [-0.15, -0.1) is 0 Å². The molecular weight excluding hydrogens is 272 g/mol. The number of carbonyl (C=O) groups excluding carboxylic acids is 3. The lowest BCUT2D eigenvalue weighted by Gasteiger charge is -2.12. The van der Waals surface area contributed by atoms with E-state index in [9.17, 15) is 14.4 Å². The van der Waals surface area contributed by atoms with Crippen LogP contribution >= 0.6 is 0 Å². The standard InChI is InChI=1S/C15H20N2O4/c1-8(7-12(19)21-3)16-15(20)14-9(2)13-10(17-14)5-4-6-11(13)18/h8,17H,4-7H2,1-3H3,(H,16,20). The Balaban J connectivity index is 2.13. The van der Waals surface area contributed by atoms with Gasteiger partial charge in [0.25, 0.3) is 5.91 Å². The minimum absolute atomic E-state index is 0.0895. The second-order valence-electron chi connectivity index (χ2n) is 5.41. The molecule has 1 aromatic rings. The fraction of sp³-hybridized carbons (Fsp3) is 0.533. The van der Waals surface area contributed by atoms with Crippen LogP contribution < -0.4 is 5.32 Å². The van der Waals surface area contributed by atoms with Crippen LogP contribution in [0, 0.1) is 6.92 Å². The first-order chi connectivity index (χ1) is 9.93. The summed E-state index contributed by atoms with van der Waals surface area (Å²) in [5.74, 6) is -0.585. The Labute approximate surface area is 123 Å². The summed E-state index contributed by atoms with van der Waals surface area (Å²) >= 11 is 0. The fourth-order valence-electron chi connectivity index (χ4n) is 2.68. The molecule has 0 saturated heterocycles. The van der Waals surface area contributed by atoms with E-state index in [1.807, 2.05) is 0 Å². The Morgan fingerprint density at radius 3 is 2.71 bits per heavy atom. The van der Waals surface area contributed by atoms with E-state index in [0.717, 1.165) is 18.5 Å². The minimum Gasteiger partial charge on any atom is -0.469 e. The highest BCUT2D eigenvalue weighted by Gasteiger charge is 2.26. The van der Waals surface area contributed by atoms with Crippen LogP contribution in [0.15, 0.2) is 0 Å². The number of rotatable bonds is 4. The summed E-state index contributed by atoms with van der Waals surface area (Å²) in [6.07, 6.45) is 2.24. The summed E-state index contributed by atoms with van der Waals surface area (Å²) < 4.78 is 4.57. The number of H-pyrrole nitrogens is 1. The van der Waals surface area contributed by atoms with Crippen molar-refractivity contribution in [1.82, 2.24) is 10.3 Å². The van der Waals surface area contributed by atoms with Crippen molar-refractivity contribution in [1.29, 1.82) is 0 Å². The van der Waals surface area contributed by atoms with Crippen LogP contribution in [0.1, 0.15) is 58.3 Å². The zero-order valence-electron chi connectivity index (χ0n) is 12.5. The van der Waals surface area contributed by atoms with Gasteiger partial charge in [-0.25, -0.2) is 0 Å². The first-order valence-corrected chi connectivity index (χ1v) is 7.06. The molecule has 6 nitrogen and oxygen atoms in total. The van der Waals surface area contributed by atoms with E-state index in [-0.39, 0.29) is 30.1 Å². The minimum atomic E-state index is -0.375. The van der Waals surface area contributed by atoms with Gasteiger partial charge in [-0.2, -0.15) is 0 Å². The molecular formula is C15H20N2O4. The van der Waals surface area contributed by atoms with Crippen molar-refractivity contribution >= 4 is 17.7 Å². The number of hydrogen-bond acceptors (Lipinski definition) is 4. The smallest absolute Gasteiger partial charge is 0.307 e. The molecule has 1 aromatic heterocycles. The van der Waals surface area contributed by atoms with Crippen LogP contribution in [0.4, 0.5) is 0 Å². The van der Waals surface area contributed by atoms with E-state index in [1.165, 1.54) is 7.11 Å². The number of ether oxygens (including phenoxy) is 1. The topological polar surface area (TPSA) is 88.3 Å². The Morgan fingerprint density at radius 2 is 2.10 bits per heavy atom. The van der Waals surface area contributed by atoms with E-state index in [0.29, 0.717) is 23.2 Å². The Hall–Kier alpha value is -2.11. The van der Waals surface area contributed by atoms with Crippen molar-refractivity contribution in [3.8, 4) is 0 Å². The number of carbonyl (C=O) groups is 3. The summed E-state index contributed by atoms with van der Waals surface area (Å²) in [7, 11) is 1.31. The predicted octanol–water partition coefficient (Wildman–Crippen LogP) is 1.52. The van der Waals surface area contributed by atoms with Crippen molar-refractivity contribution in [2.45, 2.75) is 45.6 Å². The summed E-state index contributed by atoms with van der Waals surface area (Å²) in [4.78, 5) is 38.4. The van der Waals surface area contributed by atoms with Gasteiger partial charge in [0.1, 0.15) is 5.69 Å². The highest BCUT2D eigenvalue weighted by Crippen LogP contribution is 2.26. The molecule has 0 aromatic carbocycles. The molecule has 0 bridgehead atoms. The first kappa shape index (κ1) is 15.3. The fourth-order valence-corrected chi connectivity index (χ4v) is 2.68. The lowest BCUT2D eigenvalue weighted by Crippen LogP contribution is -2.35. The average Bonchev–Trinajstić information content (AvgIpc) is 2.77. The van der Waals surface area contributed by atoms with E-state index < -0.39 is 0 Å². The molecule has 1 heterocycles. The molecule has 114 valence electrons. The molecule has 1 aliphatic rings. The average molecular weight is 292 g/mol.